The Labute approximate surface area is 122 Å². The van der Waals surface area contributed by atoms with E-state index in [1.165, 1.54) is 22.3 Å². The van der Waals surface area contributed by atoms with Crippen molar-refractivity contribution < 1.29 is 0 Å². The van der Waals surface area contributed by atoms with Crippen molar-refractivity contribution in [3.05, 3.63) is 71.4 Å². The van der Waals surface area contributed by atoms with Gasteiger partial charge >= 0.3 is 0 Å². The van der Waals surface area contributed by atoms with Crippen LogP contribution in [-0.4, -0.2) is 11.0 Å². The standard InChI is InChI=1S/C17H14N2S/c1-2-4-17-15(3-1)16(10-19-17)14-7-13(8-18-9-14)12-5-6-20-11-12/h1-11,15,17,19H. The summed E-state index contributed by atoms with van der Waals surface area (Å²) in [7, 11) is 0. The number of allylic oxidation sites excluding steroid dienone is 2. The van der Waals surface area contributed by atoms with E-state index in [0.717, 1.165) is 0 Å². The summed E-state index contributed by atoms with van der Waals surface area (Å²) in [6.07, 6.45) is 14.7. The van der Waals surface area contributed by atoms with Crippen LogP contribution in [0.15, 0.2) is 65.8 Å². The van der Waals surface area contributed by atoms with Crippen LogP contribution in [0.5, 0.6) is 0 Å². The van der Waals surface area contributed by atoms with Gasteiger partial charge in [0.05, 0.1) is 6.04 Å². The van der Waals surface area contributed by atoms with E-state index in [1.54, 1.807) is 11.3 Å². The maximum absolute atomic E-state index is 4.42. The van der Waals surface area contributed by atoms with Gasteiger partial charge < -0.3 is 5.32 Å². The van der Waals surface area contributed by atoms with Crippen molar-refractivity contribution in [2.24, 2.45) is 5.92 Å². The molecule has 98 valence electrons. The number of nitrogens with one attached hydrogen (secondary N) is 1. The Morgan fingerprint density at radius 1 is 1.05 bits per heavy atom. The minimum absolute atomic E-state index is 0.389. The second-order valence-electron chi connectivity index (χ2n) is 5.06. The molecule has 2 unspecified atom stereocenters. The first-order valence-electron chi connectivity index (χ1n) is 6.71. The minimum Gasteiger partial charge on any atom is -0.383 e. The molecule has 0 spiro atoms. The fraction of sp³-hybridized carbons (Fsp3) is 0.118. The van der Waals surface area contributed by atoms with Gasteiger partial charge in [0.2, 0.25) is 0 Å². The number of hydrogen-bond acceptors (Lipinski definition) is 3. The quantitative estimate of drug-likeness (QED) is 0.902. The van der Waals surface area contributed by atoms with Crippen LogP contribution in [-0.2, 0) is 0 Å². The van der Waals surface area contributed by atoms with E-state index in [1.807, 2.05) is 12.4 Å². The average molecular weight is 278 g/mol. The number of thiophene rings is 1. The first-order chi connectivity index (χ1) is 9.92. The Bertz CT molecular complexity index is 710. The van der Waals surface area contributed by atoms with Gasteiger partial charge in [-0.3, -0.25) is 4.98 Å². The summed E-state index contributed by atoms with van der Waals surface area (Å²) in [6, 6.07) is 4.76. The number of pyridine rings is 1. The molecular weight excluding hydrogens is 264 g/mol. The molecule has 2 atom stereocenters. The summed E-state index contributed by atoms with van der Waals surface area (Å²) >= 11 is 1.72. The zero-order valence-electron chi connectivity index (χ0n) is 10.9. The number of aromatic nitrogens is 1. The lowest BCUT2D eigenvalue weighted by Crippen LogP contribution is -2.24. The summed E-state index contributed by atoms with van der Waals surface area (Å²) in [4.78, 5) is 4.42. The van der Waals surface area contributed by atoms with Gasteiger partial charge in [-0.2, -0.15) is 11.3 Å². The first kappa shape index (κ1) is 11.7. The number of rotatable bonds is 2. The maximum Gasteiger partial charge on any atom is 0.0546 e. The second-order valence-corrected chi connectivity index (χ2v) is 5.84. The Balaban J connectivity index is 1.71. The smallest absolute Gasteiger partial charge is 0.0546 e. The molecule has 2 aliphatic rings. The van der Waals surface area contributed by atoms with Crippen molar-refractivity contribution in [1.82, 2.24) is 10.3 Å². The maximum atomic E-state index is 4.42. The van der Waals surface area contributed by atoms with Gasteiger partial charge in [-0.1, -0.05) is 24.3 Å². The van der Waals surface area contributed by atoms with Crippen molar-refractivity contribution in [1.29, 1.82) is 0 Å². The van der Waals surface area contributed by atoms with Crippen LogP contribution < -0.4 is 5.32 Å². The van der Waals surface area contributed by atoms with E-state index < -0.39 is 0 Å². The molecule has 0 amide bonds. The molecule has 0 aromatic carbocycles. The van der Waals surface area contributed by atoms with E-state index in [4.69, 9.17) is 0 Å². The normalized spacial score (nSPS) is 23.3. The van der Waals surface area contributed by atoms with E-state index >= 15 is 0 Å². The summed E-state index contributed by atoms with van der Waals surface area (Å²) in [5.74, 6) is 0.416. The van der Waals surface area contributed by atoms with Crippen LogP contribution in [0.4, 0.5) is 0 Å². The SMILES string of the molecule is C1=CC2NC=C(c3cncc(-c4ccsc4)c3)C2C=C1. The van der Waals surface area contributed by atoms with Crippen molar-refractivity contribution in [3.8, 4) is 11.1 Å². The van der Waals surface area contributed by atoms with Crippen molar-refractivity contribution in [3.63, 3.8) is 0 Å². The third kappa shape index (κ3) is 1.91. The fourth-order valence-electron chi connectivity index (χ4n) is 2.81. The molecule has 0 saturated carbocycles. The van der Waals surface area contributed by atoms with Crippen molar-refractivity contribution in [2.75, 3.05) is 0 Å². The summed E-state index contributed by atoms with van der Waals surface area (Å²) in [5, 5.41) is 7.70. The van der Waals surface area contributed by atoms with Crippen LogP contribution in [0.1, 0.15) is 5.56 Å². The van der Waals surface area contributed by atoms with Gasteiger partial charge in [-0.05, 0) is 39.6 Å². The molecule has 3 heterocycles. The molecule has 2 aromatic heterocycles. The minimum atomic E-state index is 0.389. The monoisotopic (exact) mass is 278 g/mol. The molecule has 4 rings (SSSR count). The molecule has 1 aliphatic heterocycles. The van der Waals surface area contributed by atoms with E-state index in [9.17, 15) is 0 Å². The number of fused-ring (bicyclic) bond motifs is 1. The molecule has 0 radical (unpaired) electrons. The highest BCUT2D eigenvalue weighted by Gasteiger charge is 2.27. The van der Waals surface area contributed by atoms with Crippen molar-refractivity contribution >= 4 is 16.9 Å². The fourth-order valence-corrected chi connectivity index (χ4v) is 3.47. The lowest BCUT2D eigenvalue weighted by atomic mass is 9.87. The largest absolute Gasteiger partial charge is 0.383 e. The van der Waals surface area contributed by atoms with Crippen molar-refractivity contribution in [2.45, 2.75) is 6.04 Å². The Kier molecular flexibility index (Phi) is 2.78. The van der Waals surface area contributed by atoms with Gasteiger partial charge in [-0.25, -0.2) is 0 Å². The predicted octanol–water partition coefficient (Wildman–Crippen LogP) is 3.87. The zero-order chi connectivity index (χ0) is 13.4. The average Bonchev–Trinajstić information content (AvgIpc) is 3.17. The molecule has 3 heteroatoms. The molecule has 20 heavy (non-hydrogen) atoms. The summed E-state index contributed by atoms with van der Waals surface area (Å²) in [6.45, 7) is 0. The van der Waals surface area contributed by atoms with Gasteiger partial charge in [0.15, 0.2) is 0 Å². The van der Waals surface area contributed by atoms with E-state index in [2.05, 4.69) is 63.7 Å². The van der Waals surface area contributed by atoms with Gasteiger partial charge in [0.25, 0.3) is 0 Å². The van der Waals surface area contributed by atoms with E-state index in [-0.39, 0.29) is 0 Å². The highest BCUT2D eigenvalue weighted by Crippen LogP contribution is 2.34. The molecule has 1 N–H and O–H groups in total. The molecule has 0 fully saturated rings. The molecule has 2 nitrogen and oxygen atoms in total. The first-order valence-corrected chi connectivity index (χ1v) is 7.65. The second kappa shape index (κ2) is 4.76. The van der Waals surface area contributed by atoms with Crippen LogP contribution in [0.3, 0.4) is 0 Å². The number of nitrogens with zero attached hydrogens (tertiary/aromatic N) is 1. The molecule has 1 aliphatic carbocycles. The molecule has 0 bridgehead atoms. The van der Waals surface area contributed by atoms with E-state index in [0.29, 0.717) is 12.0 Å². The van der Waals surface area contributed by atoms with Gasteiger partial charge in [-0.15, -0.1) is 0 Å². The number of hydrogen-bond donors (Lipinski definition) is 1. The highest BCUT2D eigenvalue weighted by molar-refractivity contribution is 7.08. The Hall–Kier alpha value is -2.13. The Morgan fingerprint density at radius 2 is 1.95 bits per heavy atom. The third-order valence-corrected chi connectivity index (χ3v) is 4.53. The van der Waals surface area contributed by atoms with Crippen LogP contribution in [0.2, 0.25) is 0 Å². The molecule has 0 saturated heterocycles. The van der Waals surface area contributed by atoms with Gasteiger partial charge in [0.1, 0.15) is 0 Å². The third-order valence-electron chi connectivity index (χ3n) is 3.85. The van der Waals surface area contributed by atoms with Crippen LogP contribution in [0.25, 0.3) is 16.7 Å². The van der Waals surface area contributed by atoms with Crippen LogP contribution >= 0.6 is 11.3 Å². The Morgan fingerprint density at radius 3 is 2.85 bits per heavy atom. The molecule has 2 aromatic rings. The summed E-state index contributed by atoms with van der Waals surface area (Å²) in [5.41, 5.74) is 4.95. The lowest BCUT2D eigenvalue weighted by Gasteiger charge is -2.19. The summed E-state index contributed by atoms with van der Waals surface area (Å²) < 4.78 is 0. The van der Waals surface area contributed by atoms with Crippen LogP contribution in [0, 0.1) is 5.92 Å². The zero-order valence-corrected chi connectivity index (χ0v) is 11.7. The lowest BCUT2D eigenvalue weighted by molar-refractivity contribution is 0.657. The highest BCUT2D eigenvalue weighted by atomic mass is 32.1. The predicted molar refractivity (Wildman–Crippen MR) is 84.2 cm³/mol. The van der Waals surface area contributed by atoms with Gasteiger partial charge in [0, 0.05) is 30.1 Å². The topological polar surface area (TPSA) is 24.9 Å². The molecular formula is C17H14N2S.